The molecule has 0 saturated carbocycles. The molecule has 0 bridgehead atoms. The lowest BCUT2D eigenvalue weighted by Gasteiger charge is -2.08. The van der Waals surface area contributed by atoms with Gasteiger partial charge in [-0.05, 0) is 23.3 Å². The molecule has 108 valence electrons. The van der Waals surface area contributed by atoms with Gasteiger partial charge in [0.2, 0.25) is 0 Å². The minimum Gasteiger partial charge on any atom is -0.310 e. The maximum Gasteiger partial charge on any atom is 0.0982 e. The number of nitrogens with one attached hydrogen (secondary N) is 1. The van der Waals surface area contributed by atoms with E-state index in [1.165, 1.54) is 20.8 Å². The maximum absolute atomic E-state index is 4.70. The summed E-state index contributed by atoms with van der Waals surface area (Å²) < 4.78 is 1.27. The van der Waals surface area contributed by atoms with Crippen LogP contribution in [0.15, 0.2) is 48.5 Å². The third-order valence-corrected chi connectivity index (χ3v) is 4.47. The molecule has 1 aromatic heterocycles. The Balaban J connectivity index is 1.69. The highest BCUT2D eigenvalue weighted by Gasteiger charge is 2.04. The van der Waals surface area contributed by atoms with Crippen molar-refractivity contribution in [2.45, 2.75) is 32.9 Å². The van der Waals surface area contributed by atoms with E-state index in [1.54, 1.807) is 11.3 Å². The van der Waals surface area contributed by atoms with Crippen LogP contribution in [-0.4, -0.2) is 11.0 Å². The lowest BCUT2D eigenvalue weighted by atomic mass is 10.1. The lowest BCUT2D eigenvalue weighted by Crippen LogP contribution is -2.21. The van der Waals surface area contributed by atoms with E-state index in [4.69, 9.17) is 4.98 Å². The first kappa shape index (κ1) is 14.2. The van der Waals surface area contributed by atoms with Gasteiger partial charge in [0.1, 0.15) is 0 Å². The summed E-state index contributed by atoms with van der Waals surface area (Å²) in [6.07, 6.45) is 0.914. The molecule has 3 rings (SSSR count). The predicted molar refractivity (Wildman–Crippen MR) is 90.8 cm³/mol. The number of fused-ring (bicyclic) bond motifs is 1. The smallest absolute Gasteiger partial charge is 0.0982 e. The molecule has 3 heteroatoms. The van der Waals surface area contributed by atoms with E-state index in [0.717, 1.165) is 18.5 Å². The maximum atomic E-state index is 4.70. The lowest BCUT2D eigenvalue weighted by molar-refractivity contribution is 0.589. The van der Waals surface area contributed by atoms with E-state index >= 15 is 0 Å². The van der Waals surface area contributed by atoms with Crippen molar-refractivity contribution in [1.29, 1.82) is 0 Å². The van der Waals surface area contributed by atoms with Crippen LogP contribution < -0.4 is 5.32 Å². The summed E-state index contributed by atoms with van der Waals surface area (Å²) in [5.41, 5.74) is 3.76. The molecule has 2 nitrogen and oxygen atoms in total. The molecule has 2 aromatic carbocycles. The Morgan fingerprint density at radius 3 is 2.43 bits per heavy atom. The predicted octanol–water partition coefficient (Wildman–Crippen LogP) is 4.39. The van der Waals surface area contributed by atoms with Gasteiger partial charge < -0.3 is 5.32 Å². The minimum atomic E-state index is 0.521. The Morgan fingerprint density at radius 2 is 1.71 bits per heavy atom. The second-order valence-electron chi connectivity index (χ2n) is 5.60. The molecule has 1 N–H and O–H groups in total. The SMILES string of the molecule is CC(C)NCc1ccc(Cc2nc3ccccc3s2)cc1. The van der Waals surface area contributed by atoms with Crippen LogP contribution in [0, 0.1) is 0 Å². The van der Waals surface area contributed by atoms with E-state index in [2.05, 4.69) is 61.6 Å². The zero-order chi connectivity index (χ0) is 14.7. The molecule has 0 unspecified atom stereocenters. The summed E-state index contributed by atoms with van der Waals surface area (Å²) in [4.78, 5) is 4.70. The fourth-order valence-corrected chi connectivity index (χ4v) is 3.27. The van der Waals surface area contributed by atoms with Crippen molar-refractivity contribution >= 4 is 21.6 Å². The number of aromatic nitrogens is 1. The first-order valence-corrected chi connectivity index (χ1v) is 8.18. The topological polar surface area (TPSA) is 24.9 Å². The highest BCUT2D eigenvalue weighted by atomic mass is 32.1. The highest BCUT2D eigenvalue weighted by molar-refractivity contribution is 7.18. The molecule has 1 heterocycles. The van der Waals surface area contributed by atoms with E-state index in [1.807, 2.05) is 6.07 Å². The average molecular weight is 296 g/mol. The number of hydrogen-bond donors (Lipinski definition) is 1. The van der Waals surface area contributed by atoms with E-state index < -0.39 is 0 Å². The van der Waals surface area contributed by atoms with Crippen LogP contribution in [0.4, 0.5) is 0 Å². The van der Waals surface area contributed by atoms with Gasteiger partial charge >= 0.3 is 0 Å². The van der Waals surface area contributed by atoms with Crippen molar-refractivity contribution in [3.05, 3.63) is 64.7 Å². The summed E-state index contributed by atoms with van der Waals surface area (Å²) in [5, 5.41) is 4.62. The number of nitrogens with zero attached hydrogens (tertiary/aromatic N) is 1. The molecule has 0 aliphatic heterocycles. The molecule has 0 radical (unpaired) electrons. The van der Waals surface area contributed by atoms with Crippen LogP contribution >= 0.6 is 11.3 Å². The van der Waals surface area contributed by atoms with E-state index in [-0.39, 0.29) is 0 Å². The number of para-hydroxylation sites is 1. The van der Waals surface area contributed by atoms with Crippen LogP contribution in [0.3, 0.4) is 0 Å². The summed E-state index contributed by atoms with van der Waals surface area (Å²) in [6.45, 7) is 5.27. The van der Waals surface area contributed by atoms with Gasteiger partial charge in [0.05, 0.1) is 15.2 Å². The van der Waals surface area contributed by atoms with Crippen molar-refractivity contribution in [3.63, 3.8) is 0 Å². The van der Waals surface area contributed by atoms with Crippen LogP contribution in [0.1, 0.15) is 30.0 Å². The second kappa shape index (κ2) is 6.37. The van der Waals surface area contributed by atoms with E-state index in [9.17, 15) is 0 Å². The number of thiazole rings is 1. The Labute approximate surface area is 129 Å². The summed E-state index contributed by atoms with van der Waals surface area (Å²) in [6, 6.07) is 17.7. The summed E-state index contributed by atoms with van der Waals surface area (Å²) in [5.74, 6) is 0. The molecule has 0 spiro atoms. The average Bonchev–Trinajstić information content (AvgIpc) is 2.88. The number of benzene rings is 2. The van der Waals surface area contributed by atoms with E-state index in [0.29, 0.717) is 6.04 Å². The van der Waals surface area contributed by atoms with Gasteiger partial charge in [-0.3, -0.25) is 0 Å². The van der Waals surface area contributed by atoms with Crippen molar-refractivity contribution in [2.24, 2.45) is 0 Å². The Kier molecular flexibility index (Phi) is 4.32. The molecule has 0 aliphatic carbocycles. The molecular formula is C18H20N2S. The van der Waals surface area contributed by atoms with Crippen LogP contribution in [0.5, 0.6) is 0 Å². The normalized spacial score (nSPS) is 11.4. The van der Waals surface area contributed by atoms with Gasteiger partial charge in [0.25, 0.3) is 0 Å². The molecule has 0 saturated heterocycles. The monoisotopic (exact) mass is 296 g/mol. The molecule has 0 aliphatic rings. The Morgan fingerprint density at radius 1 is 1.00 bits per heavy atom. The van der Waals surface area contributed by atoms with Gasteiger partial charge in [-0.1, -0.05) is 50.2 Å². The van der Waals surface area contributed by atoms with Crippen molar-refractivity contribution in [1.82, 2.24) is 10.3 Å². The molecule has 0 atom stereocenters. The standard InChI is InChI=1S/C18H20N2S/c1-13(2)19-12-15-9-7-14(8-10-15)11-18-20-16-5-3-4-6-17(16)21-18/h3-10,13,19H,11-12H2,1-2H3. The Hall–Kier alpha value is -1.71. The summed E-state index contributed by atoms with van der Waals surface area (Å²) >= 11 is 1.79. The van der Waals surface area contributed by atoms with Crippen LogP contribution in [0.2, 0.25) is 0 Å². The first-order chi connectivity index (χ1) is 10.2. The highest BCUT2D eigenvalue weighted by Crippen LogP contribution is 2.23. The Bertz CT molecular complexity index is 680. The summed E-state index contributed by atoms with van der Waals surface area (Å²) in [7, 11) is 0. The van der Waals surface area contributed by atoms with Crippen molar-refractivity contribution < 1.29 is 0 Å². The minimum absolute atomic E-state index is 0.521. The molecule has 3 aromatic rings. The largest absolute Gasteiger partial charge is 0.310 e. The van der Waals surface area contributed by atoms with Crippen molar-refractivity contribution in [3.8, 4) is 0 Å². The van der Waals surface area contributed by atoms with Gasteiger partial charge in [-0.25, -0.2) is 4.98 Å². The van der Waals surface area contributed by atoms with Crippen LogP contribution in [-0.2, 0) is 13.0 Å². The second-order valence-corrected chi connectivity index (χ2v) is 6.72. The zero-order valence-electron chi connectivity index (χ0n) is 12.5. The third-order valence-electron chi connectivity index (χ3n) is 3.43. The van der Waals surface area contributed by atoms with Gasteiger partial charge in [-0.2, -0.15) is 0 Å². The fourth-order valence-electron chi connectivity index (χ4n) is 2.27. The van der Waals surface area contributed by atoms with Gasteiger partial charge in [0, 0.05) is 19.0 Å². The fraction of sp³-hybridized carbons (Fsp3) is 0.278. The molecule has 0 fully saturated rings. The molecular weight excluding hydrogens is 276 g/mol. The zero-order valence-corrected chi connectivity index (χ0v) is 13.3. The van der Waals surface area contributed by atoms with Crippen LogP contribution in [0.25, 0.3) is 10.2 Å². The first-order valence-electron chi connectivity index (χ1n) is 7.36. The number of rotatable bonds is 5. The number of hydrogen-bond acceptors (Lipinski definition) is 3. The van der Waals surface area contributed by atoms with Gasteiger partial charge in [-0.15, -0.1) is 11.3 Å². The van der Waals surface area contributed by atoms with Gasteiger partial charge in [0.15, 0.2) is 0 Å². The van der Waals surface area contributed by atoms with Crippen molar-refractivity contribution in [2.75, 3.05) is 0 Å². The molecule has 21 heavy (non-hydrogen) atoms. The quantitative estimate of drug-likeness (QED) is 0.755. The molecule has 0 amide bonds. The third kappa shape index (κ3) is 3.69.